The Labute approximate surface area is 169 Å². The largest absolute Gasteiger partial charge is 0.496 e. The number of aryl methyl sites for hydroxylation is 1. The van der Waals surface area contributed by atoms with Crippen molar-refractivity contribution in [3.63, 3.8) is 0 Å². The number of amides is 3. The van der Waals surface area contributed by atoms with Crippen LogP contribution in [0.2, 0.25) is 0 Å². The van der Waals surface area contributed by atoms with Crippen molar-refractivity contribution in [2.24, 2.45) is 5.92 Å². The first-order chi connectivity index (χ1) is 14.0. The molecule has 1 saturated carbocycles. The number of carbonyl (C=O) groups is 3. The highest BCUT2D eigenvalue weighted by Crippen LogP contribution is 2.30. The minimum atomic E-state index is -0.295. The van der Waals surface area contributed by atoms with E-state index in [1.54, 1.807) is 30.3 Å². The van der Waals surface area contributed by atoms with Crippen molar-refractivity contribution >= 4 is 29.1 Å². The first-order valence-corrected chi connectivity index (χ1v) is 9.60. The zero-order valence-electron chi connectivity index (χ0n) is 16.6. The Morgan fingerprint density at radius 3 is 2.55 bits per heavy atom. The Morgan fingerprint density at radius 2 is 1.83 bits per heavy atom. The van der Waals surface area contributed by atoms with Gasteiger partial charge in [0.1, 0.15) is 5.75 Å². The summed E-state index contributed by atoms with van der Waals surface area (Å²) >= 11 is 0. The van der Waals surface area contributed by atoms with E-state index in [0.29, 0.717) is 22.7 Å². The SMILES string of the molecule is COc1ccccc1C(=O)NCCC(=O)Nc1cc(NC(=O)C2CC2)ccc1C. The highest BCUT2D eigenvalue weighted by molar-refractivity contribution is 5.98. The second-order valence-electron chi connectivity index (χ2n) is 7.05. The number of para-hydroxylation sites is 1. The van der Waals surface area contributed by atoms with E-state index < -0.39 is 0 Å². The molecule has 0 aromatic heterocycles. The van der Waals surface area contributed by atoms with Crippen molar-refractivity contribution < 1.29 is 19.1 Å². The first kappa shape index (κ1) is 20.4. The maximum Gasteiger partial charge on any atom is 0.255 e. The molecule has 3 rings (SSSR count). The van der Waals surface area contributed by atoms with Gasteiger partial charge >= 0.3 is 0 Å². The highest BCUT2D eigenvalue weighted by Gasteiger charge is 2.29. The predicted molar refractivity (Wildman–Crippen MR) is 111 cm³/mol. The number of hydrogen-bond donors (Lipinski definition) is 3. The Morgan fingerprint density at radius 1 is 1.07 bits per heavy atom. The quantitative estimate of drug-likeness (QED) is 0.640. The van der Waals surface area contributed by atoms with Gasteiger partial charge in [-0.1, -0.05) is 18.2 Å². The number of benzene rings is 2. The summed E-state index contributed by atoms with van der Waals surface area (Å²) in [5, 5.41) is 8.44. The van der Waals surface area contributed by atoms with Crippen LogP contribution < -0.4 is 20.7 Å². The minimum absolute atomic E-state index is 0.0187. The molecule has 1 fully saturated rings. The van der Waals surface area contributed by atoms with Crippen LogP contribution in [-0.2, 0) is 9.59 Å². The van der Waals surface area contributed by atoms with Crippen LogP contribution in [0.25, 0.3) is 0 Å². The van der Waals surface area contributed by atoms with Gasteiger partial charge in [0.15, 0.2) is 0 Å². The third kappa shape index (κ3) is 5.57. The molecule has 7 nitrogen and oxygen atoms in total. The summed E-state index contributed by atoms with van der Waals surface area (Å²) in [7, 11) is 1.50. The van der Waals surface area contributed by atoms with Gasteiger partial charge in [-0.2, -0.15) is 0 Å². The van der Waals surface area contributed by atoms with Gasteiger partial charge in [0.25, 0.3) is 5.91 Å². The fourth-order valence-corrected chi connectivity index (χ4v) is 2.85. The van der Waals surface area contributed by atoms with Crippen molar-refractivity contribution in [3.8, 4) is 5.75 Å². The summed E-state index contributed by atoms with van der Waals surface area (Å²) in [6.45, 7) is 2.07. The standard InChI is InChI=1S/C22H25N3O4/c1-14-7-10-16(24-21(27)15-8-9-15)13-18(14)25-20(26)11-12-23-22(28)17-5-3-4-6-19(17)29-2/h3-7,10,13,15H,8-9,11-12H2,1-2H3,(H,23,28)(H,24,27)(H,25,26). The van der Waals surface area contributed by atoms with Gasteiger partial charge in [-0.3, -0.25) is 14.4 Å². The molecule has 2 aromatic carbocycles. The maximum absolute atomic E-state index is 12.3. The molecule has 0 spiro atoms. The zero-order chi connectivity index (χ0) is 20.8. The van der Waals surface area contributed by atoms with Gasteiger partial charge < -0.3 is 20.7 Å². The number of nitrogens with one attached hydrogen (secondary N) is 3. The molecule has 1 aliphatic rings. The molecule has 0 heterocycles. The molecule has 7 heteroatoms. The molecule has 0 bridgehead atoms. The Balaban J connectivity index is 1.51. The van der Waals surface area contributed by atoms with Crippen molar-refractivity contribution in [1.82, 2.24) is 5.32 Å². The Bertz CT molecular complexity index is 922. The van der Waals surface area contributed by atoms with Crippen LogP contribution in [-0.4, -0.2) is 31.4 Å². The van der Waals surface area contributed by atoms with Crippen LogP contribution in [0.3, 0.4) is 0 Å². The molecular formula is C22H25N3O4. The summed E-state index contributed by atoms with van der Waals surface area (Å²) < 4.78 is 5.17. The number of carbonyl (C=O) groups excluding carboxylic acids is 3. The molecule has 0 aliphatic heterocycles. The molecule has 152 valence electrons. The lowest BCUT2D eigenvalue weighted by Crippen LogP contribution is -2.28. The summed E-state index contributed by atoms with van der Waals surface area (Å²) in [4.78, 5) is 36.5. The summed E-state index contributed by atoms with van der Waals surface area (Å²) in [6, 6.07) is 12.3. The molecule has 0 saturated heterocycles. The van der Waals surface area contributed by atoms with E-state index in [-0.39, 0.29) is 36.6 Å². The third-order valence-electron chi connectivity index (χ3n) is 4.72. The number of rotatable bonds is 8. The molecule has 2 aromatic rings. The van der Waals surface area contributed by atoms with Gasteiger partial charge in [0, 0.05) is 30.3 Å². The lowest BCUT2D eigenvalue weighted by Gasteiger charge is -2.12. The van der Waals surface area contributed by atoms with Gasteiger partial charge in [0.05, 0.1) is 12.7 Å². The lowest BCUT2D eigenvalue weighted by atomic mass is 10.1. The van der Waals surface area contributed by atoms with Gasteiger partial charge in [-0.15, -0.1) is 0 Å². The number of ether oxygens (including phenoxy) is 1. The first-order valence-electron chi connectivity index (χ1n) is 9.60. The molecular weight excluding hydrogens is 370 g/mol. The Kier molecular flexibility index (Phi) is 6.49. The van der Waals surface area contributed by atoms with Crippen LogP contribution in [0.4, 0.5) is 11.4 Å². The maximum atomic E-state index is 12.3. The number of hydrogen-bond acceptors (Lipinski definition) is 4. The normalized spacial score (nSPS) is 12.8. The molecule has 3 N–H and O–H groups in total. The van der Waals surface area contributed by atoms with E-state index in [1.165, 1.54) is 7.11 Å². The van der Waals surface area contributed by atoms with E-state index in [1.807, 2.05) is 19.1 Å². The molecule has 3 amide bonds. The molecule has 1 aliphatic carbocycles. The second kappa shape index (κ2) is 9.23. The van der Waals surface area contributed by atoms with Gasteiger partial charge in [-0.05, 0) is 49.6 Å². The lowest BCUT2D eigenvalue weighted by molar-refractivity contribution is -0.117. The number of anilines is 2. The monoisotopic (exact) mass is 395 g/mol. The fourth-order valence-electron chi connectivity index (χ4n) is 2.85. The van der Waals surface area contributed by atoms with E-state index in [4.69, 9.17) is 4.74 Å². The van der Waals surface area contributed by atoms with Crippen molar-refractivity contribution in [3.05, 3.63) is 53.6 Å². The van der Waals surface area contributed by atoms with Crippen LogP contribution in [0.15, 0.2) is 42.5 Å². The van der Waals surface area contributed by atoms with Crippen molar-refractivity contribution in [2.45, 2.75) is 26.2 Å². The van der Waals surface area contributed by atoms with E-state index in [0.717, 1.165) is 18.4 Å². The topological polar surface area (TPSA) is 96.5 Å². The van der Waals surface area contributed by atoms with E-state index in [2.05, 4.69) is 16.0 Å². The predicted octanol–water partition coefficient (Wildman–Crippen LogP) is 3.11. The highest BCUT2D eigenvalue weighted by atomic mass is 16.5. The molecule has 29 heavy (non-hydrogen) atoms. The fraction of sp³-hybridized carbons (Fsp3) is 0.318. The summed E-state index contributed by atoms with van der Waals surface area (Å²) in [5.74, 6) is 0.0943. The van der Waals surface area contributed by atoms with Crippen LogP contribution >= 0.6 is 0 Å². The average molecular weight is 395 g/mol. The van der Waals surface area contributed by atoms with Gasteiger partial charge in [-0.25, -0.2) is 0 Å². The third-order valence-corrected chi connectivity index (χ3v) is 4.72. The van der Waals surface area contributed by atoms with Crippen molar-refractivity contribution in [2.75, 3.05) is 24.3 Å². The smallest absolute Gasteiger partial charge is 0.255 e. The molecule has 0 radical (unpaired) electrons. The minimum Gasteiger partial charge on any atom is -0.496 e. The van der Waals surface area contributed by atoms with Crippen LogP contribution in [0.5, 0.6) is 5.75 Å². The van der Waals surface area contributed by atoms with E-state index >= 15 is 0 Å². The van der Waals surface area contributed by atoms with Crippen LogP contribution in [0, 0.1) is 12.8 Å². The van der Waals surface area contributed by atoms with Gasteiger partial charge in [0.2, 0.25) is 11.8 Å². The summed E-state index contributed by atoms with van der Waals surface area (Å²) in [6.07, 6.45) is 1.99. The summed E-state index contributed by atoms with van der Waals surface area (Å²) in [5.41, 5.74) is 2.61. The zero-order valence-corrected chi connectivity index (χ0v) is 16.6. The van der Waals surface area contributed by atoms with Crippen molar-refractivity contribution in [1.29, 1.82) is 0 Å². The second-order valence-corrected chi connectivity index (χ2v) is 7.05. The van der Waals surface area contributed by atoms with E-state index in [9.17, 15) is 14.4 Å². The number of methoxy groups -OCH3 is 1. The van der Waals surface area contributed by atoms with Crippen LogP contribution in [0.1, 0.15) is 35.2 Å². The average Bonchev–Trinajstić information content (AvgIpc) is 3.56. The molecule has 0 unspecified atom stereocenters. The Hall–Kier alpha value is -3.35. The molecule has 0 atom stereocenters.